The second-order valence-electron chi connectivity index (χ2n) is 4.25. The number of rotatable bonds is 5. The Morgan fingerprint density at radius 2 is 1.77 bits per heavy atom. The third kappa shape index (κ3) is 3.42. The smallest absolute Gasteiger partial charge is 0.262 e. The molecule has 0 saturated heterocycles. The van der Waals surface area contributed by atoms with Crippen molar-refractivity contribution in [3.8, 4) is 11.5 Å². The van der Waals surface area contributed by atoms with Gasteiger partial charge in [-0.3, -0.25) is 4.72 Å². The fourth-order valence-corrected chi connectivity index (χ4v) is 3.10. The van der Waals surface area contributed by atoms with Gasteiger partial charge in [-0.25, -0.2) is 12.8 Å². The van der Waals surface area contributed by atoms with E-state index in [0.29, 0.717) is 0 Å². The zero-order valence-corrected chi connectivity index (χ0v) is 13.3. The summed E-state index contributed by atoms with van der Waals surface area (Å²) < 4.78 is 50.3. The molecule has 8 heteroatoms. The van der Waals surface area contributed by atoms with Gasteiger partial charge < -0.3 is 9.47 Å². The molecule has 0 spiro atoms. The SMILES string of the molecule is COc1cc(NS(=O)(=O)c2cccc(F)c2)c(OC)cc1Cl. The summed E-state index contributed by atoms with van der Waals surface area (Å²) in [4.78, 5) is -0.205. The second kappa shape index (κ2) is 6.41. The van der Waals surface area contributed by atoms with E-state index in [-0.39, 0.29) is 27.1 Å². The summed E-state index contributed by atoms with van der Waals surface area (Å²) in [5.41, 5.74) is 0.132. The molecule has 118 valence electrons. The molecule has 0 saturated carbocycles. The third-order valence-corrected chi connectivity index (χ3v) is 4.48. The minimum absolute atomic E-state index is 0.132. The average Bonchev–Trinajstić information content (AvgIpc) is 2.48. The van der Waals surface area contributed by atoms with Crippen LogP contribution in [0.15, 0.2) is 41.3 Å². The summed E-state index contributed by atoms with van der Waals surface area (Å²) in [6, 6.07) is 7.48. The van der Waals surface area contributed by atoms with Crippen molar-refractivity contribution in [3.05, 3.63) is 47.2 Å². The number of methoxy groups -OCH3 is 2. The standard InChI is InChI=1S/C14H13ClFNO4S/c1-20-13-8-12(14(21-2)7-11(13)15)17-22(18,19)10-5-3-4-9(16)6-10/h3-8,17H,1-2H3. The zero-order chi connectivity index (χ0) is 16.3. The van der Waals surface area contributed by atoms with Crippen LogP contribution in [0.4, 0.5) is 10.1 Å². The molecule has 2 rings (SSSR count). The number of ether oxygens (including phenoxy) is 2. The van der Waals surface area contributed by atoms with Crippen molar-refractivity contribution in [3.63, 3.8) is 0 Å². The summed E-state index contributed by atoms with van der Waals surface area (Å²) in [5, 5.41) is 0.271. The molecule has 0 amide bonds. The number of hydrogen-bond acceptors (Lipinski definition) is 4. The van der Waals surface area contributed by atoms with Gasteiger partial charge in [-0.2, -0.15) is 0 Å². The normalized spacial score (nSPS) is 11.1. The predicted octanol–water partition coefficient (Wildman–Crippen LogP) is 3.30. The van der Waals surface area contributed by atoms with E-state index >= 15 is 0 Å². The van der Waals surface area contributed by atoms with Gasteiger partial charge in [-0.1, -0.05) is 17.7 Å². The molecule has 0 aromatic heterocycles. The van der Waals surface area contributed by atoms with E-state index in [1.165, 1.54) is 38.5 Å². The Morgan fingerprint density at radius 3 is 2.36 bits per heavy atom. The summed E-state index contributed by atoms with van der Waals surface area (Å²) >= 11 is 5.96. The predicted molar refractivity (Wildman–Crippen MR) is 81.8 cm³/mol. The van der Waals surface area contributed by atoms with E-state index in [9.17, 15) is 12.8 Å². The Hall–Kier alpha value is -1.99. The maximum absolute atomic E-state index is 13.2. The Labute approximate surface area is 132 Å². The zero-order valence-electron chi connectivity index (χ0n) is 11.8. The molecule has 0 unspecified atom stereocenters. The number of nitrogens with one attached hydrogen (secondary N) is 1. The van der Waals surface area contributed by atoms with Gasteiger partial charge >= 0.3 is 0 Å². The molecule has 0 heterocycles. The van der Waals surface area contributed by atoms with E-state index in [2.05, 4.69) is 4.72 Å². The lowest BCUT2D eigenvalue weighted by molar-refractivity contribution is 0.405. The van der Waals surface area contributed by atoms with Crippen molar-refractivity contribution < 1.29 is 22.3 Å². The quantitative estimate of drug-likeness (QED) is 0.903. The van der Waals surface area contributed by atoms with Crippen LogP contribution in [0, 0.1) is 5.82 Å². The first-order valence-corrected chi connectivity index (χ1v) is 7.93. The molecule has 2 aromatic carbocycles. The largest absolute Gasteiger partial charge is 0.495 e. The summed E-state index contributed by atoms with van der Waals surface area (Å²) in [6.45, 7) is 0. The van der Waals surface area contributed by atoms with Crippen molar-refractivity contribution >= 4 is 27.3 Å². The van der Waals surface area contributed by atoms with E-state index in [0.717, 1.165) is 12.1 Å². The molecular formula is C14H13ClFNO4S. The van der Waals surface area contributed by atoms with Gasteiger partial charge in [0.15, 0.2) is 0 Å². The molecule has 0 bridgehead atoms. The summed E-state index contributed by atoms with van der Waals surface area (Å²) in [7, 11) is -1.20. The van der Waals surface area contributed by atoms with Crippen LogP contribution >= 0.6 is 11.6 Å². The fourth-order valence-electron chi connectivity index (χ4n) is 1.78. The molecule has 0 atom stereocenters. The van der Waals surface area contributed by atoms with Crippen LogP contribution in [0.2, 0.25) is 5.02 Å². The van der Waals surface area contributed by atoms with Gasteiger partial charge in [0.2, 0.25) is 0 Å². The number of benzene rings is 2. The minimum Gasteiger partial charge on any atom is -0.495 e. The first kappa shape index (κ1) is 16.4. The maximum Gasteiger partial charge on any atom is 0.262 e. The molecule has 0 aliphatic heterocycles. The first-order valence-electron chi connectivity index (χ1n) is 6.07. The van der Waals surface area contributed by atoms with E-state index < -0.39 is 15.8 Å². The van der Waals surface area contributed by atoms with Crippen molar-refractivity contribution in [2.75, 3.05) is 18.9 Å². The second-order valence-corrected chi connectivity index (χ2v) is 6.34. The van der Waals surface area contributed by atoms with Crippen LogP contribution < -0.4 is 14.2 Å². The van der Waals surface area contributed by atoms with Crippen LogP contribution in [0.3, 0.4) is 0 Å². The van der Waals surface area contributed by atoms with Gasteiger partial charge in [0.25, 0.3) is 10.0 Å². The number of sulfonamides is 1. The highest BCUT2D eigenvalue weighted by atomic mass is 35.5. The molecule has 2 aromatic rings. The molecule has 5 nitrogen and oxygen atoms in total. The van der Waals surface area contributed by atoms with Crippen molar-refractivity contribution in [1.29, 1.82) is 0 Å². The molecule has 0 fully saturated rings. The van der Waals surface area contributed by atoms with Gasteiger partial charge in [0.1, 0.15) is 17.3 Å². The average molecular weight is 346 g/mol. The highest BCUT2D eigenvalue weighted by molar-refractivity contribution is 7.92. The Balaban J connectivity index is 2.45. The lowest BCUT2D eigenvalue weighted by atomic mass is 10.3. The van der Waals surface area contributed by atoms with Crippen LogP contribution in [0.5, 0.6) is 11.5 Å². The van der Waals surface area contributed by atoms with Crippen LogP contribution in [-0.4, -0.2) is 22.6 Å². The highest BCUT2D eigenvalue weighted by Crippen LogP contribution is 2.36. The topological polar surface area (TPSA) is 64.6 Å². The van der Waals surface area contributed by atoms with Crippen molar-refractivity contribution in [2.45, 2.75) is 4.90 Å². The van der Waals surface area contributed by atoms with Crippen molar-refractivity contribution in [1.82, 2.24) is 0 Å². The highest BCUT2D eigenvalue weighted by Gasteiger charge is 2.19. The lowest BCUT2D eigenvalue weighted by Gasteiger charge is -2.14. The van der Waals surface area contributed by atoms with E-state index in [4.69, 9.17) is 21.1 Å². The number of halogens is 2. The number of anilines is 1. The van der Waals surface area contributed by atoms with Gasteiger partial charge in [-0.15, -0.1) is 0 Å². The minimum atomic E-state index is -3.97. The molecule has 0 aliphatic carbocycles. The molecular weight excluding hydrogens is 333 g/mol. The Bertz CT molecular complexity index is 795. The summed E-state index contributed by atoms with van der Waals surface area (Å²) in [5.74, 6) is -0.159. The van der Waals surface area contributed by atoms with Gasteiger partial charge in [0, 0.05) is 12.1 Å². The van der Waals surface area contributed by atoms with Crippen LogP contribution in [0.1, 0.15) is 0 Å². The summed E-state index contributed by atoms with van der Waals surface area (Å²) in [6.07, 6.45) is 0. The van der Waals surface area contributed by atoms with Crippen molar-refractivity contribution in [2.24, 2.45) is 0 Å². The van der Waals surface area contributed by atoms with Gasteiger partial charge in [-0.05, 0) is 18.2 Å². The number of hydrogen-bond donors (Lipinski definition) is 1. The first-order chi connectivity index (χ1) is 10.4. The van der Waals surface area contributed by atoms with E-state index in [1.807, 2.05) is 0 Å². The molecule has 22 heavy (non-hydrogen) atoms. The third-order valence-electron chi connectivity index (χ3n) is 2.82. The molecule has 1 N–H and O–H groups in total. The van der Waals surface area contributed by atoms with Crippen LogP contribution in [-0.2, 0) is 10.0 Å². The maximum atomic E-state index is 13.2. The van der Waals surface area contributed by atoms with Crippen LogP contribution in [0.25, 0.3) is 0 Å². The molecule has 0 radical (unpaired) electrons. The Kier molecular flexibility index (Phi) is 4.77. The van der Waals surface area contributed by atoms with E-state index in [1.54, 1.807) is 0 Å². The Morgan fingerprint density at radius 1 is 1.09 bits per heavy atom. The monoisotopic (exact) mass is 345 g/mol. The van der Waals surface area contributed by atoms with Gasteiger partial charge in [0.05, 0.1) is 29.8 Å². The molecule has 0 aliphatic rings. The fraction of sp³-hybridized carbons (Fsp3) is 0.143. The lowest BCUT2D eigenvalue weighted by Crippen LogP contribution is -2.14.